The summed E-state index contributed by atoms with van der Waals surface area (Å²) in [6.07, 6.45) is 3.40. The van der Waals surface area contributed by atoms with E-state index in [0.29, 0.717) is 28.1 Å². The van der Waals surface area contributed by atoms with Crippen molar-refractivity contribution in [2.75, 3.05) is 0 Å². The Bertz CT molecular complexity index is 1880. The topological polar surface area (TPSA) is 124 Å². The number of aromatic carboxylic acids is 1. The Morgan fingerprint density at radius 1 is 0.919 bits per heavy atom. The third kappa shape index (κ3) is 3.23. The zero-order valence-electron chi connectivity index (χ0n) is 19.3. The van der Waals surface area contributed by atoms with Gasteiger partial charge in [0.1, 0.15) is 11.5 Å². The van der Waals surface area contributed by atoms with Crippen LogP contribution >= 0.6 is 0 Å². The van der Waals surface area contributed by atoms with E-state index in [1.54, 1.807) is 36.7 Å². The Morgan fingerprint density at radius 3 is 2.65 bits per heavy atom. The Kier molecular flexibility index (Phi) is 4.49. The second kappa shape index (κ2) is 7.89. The molecular weight excluding hydrogens is 466 g/mol. The van der Waals surface area contributed by atoms with E-state index >= 15 is 0 Å². The maximum Gasteiger partial charge on any atom is 0.335 e. The predicted molar refractivity (Wildman–Crippen MR) is 139 cm³/mol. The van der Waals surface area contributed by atoms with Gasteiger partial charge < -0.3 is 20.4 Å². The van der Waals surface area contributed by atoms with Gasteiger partial charge in [0.05, 0.1) is 28.2 Å². The number of H-pyrrole nitrogens is 2. The molecule has 4 N–H and O–H groups in total. The number of hydrogen-bond donors (Lipinski definition) is 4. The van der Waals surface area contributed by atoms with Crippen LogP contribution in [-0.4, -0.2) is 36.9 Å². The Labute approximate surface area is 210 Å². The molecule has 8 nitrogen and oxygen atoms in total. The second-order valence-electron chi connectivity index (χ2n) is 8.98. The van der Waals surface area contributed by atoms with Crippen LogP contribution in [-0.2, 0) is 0 Å². The smallest absolute Gasteiger partial charge is 0.335 e. The molecule has 8 heteroatoms. The van der Waals surface area contributed by atoms with Gasteiger partial charge in [0, 0.05) is 23.3 Å². The highest BCUT2D eigenvalue weighted by atomic mass is 16.4. The van der Waals surface area contributed by atoms with Gasteiger partial charge in [0.2, 0.25) is 0 Å². The number of aromatic amines is 2. The number of nitrogens with one attached hydrogen (secondary N) is 3. The summed E-state index contributed by atoms with van der Waals surface area (Å²) in [6.45, 7) is 0. The molecule has 0 fully saturated rings. The summed E-state index contributed by atoms with van der Waals surface area (Å²) in [4.78, 5) is 40.3. The fraction of sp³-hybridized carbons (Fsp3) is 0.0345. The molecule has 6 aromatic rings. The molecule has 3 aromatic carbocycles. The monoisotopic (exact) mass is 485 g/mol. The van der Waals surface area contributed by atoms with Gasteiger partial charge in [-0.1, -0.05) is 42.5 Å². The lowest BCUT2D eigenvalue weighted by Crippen LogP contribution is -2.28. The molecule has 1 atom stereocenters. The first-order valence-corrected chi connectivity index (χ1v) is 11.8. The van der Waals surface area contributed by atoms with Crippen molar-refractivity contribution < 1.29 is 14.7 Å². The summed E-state index contributed by atoms with van der Waals surface area (Å²) in [5.74, 6) is -0.536. The van der Waals surface area contributed by atoms with Crippen LogP contribution in [0.5, 0.6) is 0 Å². The van der Waals surface area contributed by atoms with Crippen LogP contribution in [0.25, 0.3) is 44.6 Å². The number of carboxylic acid groups (broad SMARTS) is 1. The van der Waals surface area contributed by atoms with Crippen LogP contribution < -0.4 is 5.32 Å². The number of fused-ring (bicyclic) bond motifs is 5. The SMILES string of the molecule is O=C(O)c1ccc2nc(-c3cccc4c3-c3ccccc3[C@H]4NC(=O)c3ccnc4[nH]ccc34)[nH]c2c1. The van der Waals surface area contributed by atoms with E-state index in [0.717, 1.165) is 33.2 Å². The Balaban J connectivity index is 1.34. The molecule has 3 aromatic heterocycles. The van der Waals surface area contributed by atoms with Gasteiger partial charge in [-0.05, 0) is 52.6 Å². The number of nitrogens with zero attached hydrogens (tertiary/aromatic N) is 2. The summed E-state index contributed by atoms with van der Waals surface area (Å²) in [5.41, 5.74) is 7.61. The molecule has 0 saturated heterocycles. The number of imidazole rings is 1. The first-order chi connectivity index (χ1) is 18.1. The first kappa shape index (κ1) is 21.1. The van der Waals surface area contributed by atoms with Crippen molar-refractivity contribution >= 4 is 33.9 Å². The molecule has 0 unspecified atom stereocenters. The van der Waals surface area contributed by atoms with E-state index in [1.807, 2.05) is 48.5 Å². The van der Waals surface area contributed by atoms with Crippen LogP contribution in [0.3, 0.4) is 0 Å². The van der Waals surface area contributed by atoms with Crippen molar-refractivity contribution in [3.8, 4) is 22.5 Å². The molecule has 1 amide bonds. The standard InChI is InChI=1S/C29H19N5O3/c35-28(19-11-13-31-26-18(19)10-12-30-26)34-25-17-5-2-1-4-16(17)24-20(25)6-3-7-21(24)27-32-22-9-8-15(29(36)37)14-23(22)33-27/h1-14,25H,(H,30,31)(H,32,33)(H,34,35)(H,36,37)/t25-/m1/s1. The number of aromatic nitrogens is 4. The van der Waals surface area contributed by atoms with Crippen molar-refractivity contribution in [3.05, 3.63) is 107 Å². The lowest BCUT2D eigenvalue weighted by Gasteiger charge is -2.16. The highest BCUT2D eigenvalue weighted by Crippen LogP contribution is 2.47. The van der Waals surface area contributed by atoms with Crippen molar-refractivity contribution in [2.24, 2.45) is 0 Å². The average molecular weight is 486 g/mol. The number of hydrogen-bond acceptors (Lipinski definition) is 4. The highest BCUT2D eigenvalue weighted by molar-refractivity contribution is 6.06. The van der Waals surface area contributed by atoms with Gasteiger partial charge in [-0.25, -0.2) is 14.8 Å². The molecule has 0 aliphatic heterocycles. The van der Waals surface area contributed by atoms with E-state index in [-0.39, 0.29) is 17.5 Å². The van der Waals surface area contributed by atoms with Gasteiger partial charge >= 0.3 is 5.97 Å². The molecule has 0 saturated carbocycles. The zero-order valence-corrected chi connectivity index (χ0v) is 19.3. The maximum atomic E-state index is 13.5. The third-order valence-electron chi connectivity index (χ3n) is 6.91. The highest BCUT2D eigenvalue weighted by Gasteiger charge is 2.32. The minimum Gasteiger partial charge on any atom is -0.478 e. The molecule has 1 aliphatic carbocycles. The van der Waals surface area contributed by atoms with Crippen LogP contribution in [0, 0.1) is 0 Å². The van der Waals surface area contributed by atoms with E-state index in [9.17, 15) is 14.7 Å². The largest absolute Gasteiger partial charge is 0.478 e. The van der Waals surface area contributed by atoms with E-state index in [4.69, 9.17) is 4.98 Å². The number of pyridine rings is 1. The quantitative estimate of drug-likeness (QED) is 0.270. The van der Waals surface area contributed by atoms with Crippen LogP contribution in [0.15, 0.2) is 85.2 Å². The molecule has 37 heavy (non-hydrogen) atoms. The van der Waals surface area contributed by atoms with Crippen molar-refractivity contribution in [3.63, 3.8) is 0 Å². The van der Waals surface area contributed by atoms with E-state index < -0.39 is 5.97 Å². The molecular formula is C29H19N5O3. The van der Waals surface area contributed by atoms with Gasteiger partial charge in [0.15, 0.2) is 0 Å². The third-order valence-corrected chi connectivity index (χ3v) is 6.91. The van der Waals surface area contributed by atoms with Gasteiger partial charge in [-0.3, -0.25) is 4.79 Å². The van der Waals surface area contributed by atoms with Gasteiger partial charge in [-0.2, -0.15) is 0 Å². The molecule has 0 radical (unpaired) electrons. The van der Waals surface area contributed by atoms with Crippen LogP contribution in [0.4, 0.5) is 0 Å². The summed E-state index contributed by atoms with van der Waals surface area (Å²) in [5, 5.41) is 13.4. The fourth-order valence-corrected chi connectivity index (χ4v) is 5.25. The molecule has 0 spiro atoms. The molecule has 178 valence electrons. The van der Waals surface area contributed by atoms with Crippen molar-refractivity contribution in [1.82, 2.24) is 25.3 Å². The normalized spacial score (nSPS) is 14.0. The molecule has 1 aliphatic rings. The van der Waals surface area contributed by atoms with E-state index in [1.165, 1.54) is 0 Å². The van der Waals surface area contributed by atoms with E-state index in [2.05, 4.69) is 20.3 Å². The minimum atomic E-state index is -0.989. The number of carboxylic acids is 1. The van der Waals surface area contributed by atoms with Crippen LogP contribution in [0.2, 0.25) is 0 Å². The lowest BCUT2D eigenvalue weighted by molar-refractivity contribution is 0.0696. The Morgan fingerprint density at radius 2 is 1.76 bits per heavy atom. The molecule has 3 heterocycles. The van der Waals surface area contributed by atoms with Gasteiger partial charge in [0.25, 0.3) is 5.91 Å². The summed E-state index contributed by atoms with van der Waals surface area (Å²) >= 11 is 0. The molecule has 7 rings (SSSR count). The number of rotatable bonds is 4. The molecule has 0 bridgehead atoms. The summed E-state index contributed by atoms with van der Waals surface area (Å²) in [7, 11) is 0. The lowest BCUT2D eigenvalue weighted by atomic mass is 9.98. The zero-order chi connectivity index (χ0) is 25.1. The minimum absolute atomic E-state index is 0.185. The Hall–Kier alpha value is -5.24. The van der Waals surface area contributed by atoms with Gasteiger partial charge in [-0.15, -0.1) is 0 Å². The summed E-state index contributed by atoms with van der Waals surface area (Å²) < 4.78 is 0. The predicted octanol–water partition coefficient (Wildman–Crippen LogP) is 5.30. The second-order valence-corrected chi connectivity index (χ2v) is 8.98. The maximum absolute atomic E-state index is 13.5. The van der Waals surface area contributed by atoms with Crippen LogP contribution in [0.1, 0.15) is 37.9 Å². The first-order valence-electron chi connectivity index (χ1n) is 11.8. The van der Waals surface area contributed by atoms with Crippen molar-refractivity contribution in [2.45, 2.75) is 6.04 Å². The number of amides is 1. The summed E-state index contributed by atoms with van der Waals surface area (Å²) in [6, 6.07) is 22.1. The van der Waals surface area contributed by atoms with Crippen molar-refractivity contribution in [1.29, 1.82) is 0 Å². The number of carbonyl (C=O) groups is 2. The number of carbonyl (C=O) groups excluding carboxylic acids is 1. The fourth-order valence-electron chi connectivity index (χ4n) is 5.25. The average Bonchev–Trinajstić information content (AvgIpc) is 3.64. The number of benzene rings is 3.